The SMILES string of the molecule is FC(F)c1c(C(F)(F)F)cnc(CBr)c1Br. The van der Waals surface area contributed by atoms with Gasteiger partial charge in [0.2, 0.25) is 0 Å². The Bertz CT molecular complexity index is 391. The van der Waals surface area contributed by atoms with Crippen molar-refractivity contribution in [2.45, 2.75) is 17.9 Å². The lowest BCUT2D eigenvalue weighted by atomic mass is 10.1. The number of halogens is 7. The smallest absolute Gasteiger partial charge is 0.259 e. The maximum Gasteiger partial charge on any atom is 0.418 e. The molecule has 0 fully saturated rings. The van der Waals surface area contributed by atoms with E-state index in [0.29, 0.717) is 6.20 Å². The summed E-state index contributed by atoms with van der Waals surface area (Å²) in [5, 5.41) is 0.0887. The Kier molecular flexibility index (Phi) is 4.28. The third-order valence-corrected chi connectivity index (χ3v) is 3.20. The summed E-state index contributed by atoms with van der Waals surface area (Å²) in [7, 11) is 0. The van der Waals surface area contributed by atoms with Gasteiger partial charge in [0.25, 0.3) is 6.43 Å². The first kappa shape index (κ1) is 13.8. The quantitative estimate of drug-likeness (QED) is 0.545. The van der Waals surface area contributed by atoms with Gasteiger partial charge in [-0.1, -0.05) is 15.9 Å². The van der Waals surface area contributed by atoms with E-state index in [1.807, 2.05) is 0 Å². The average molecular weight is 369 g/mol. The van der Waals surface area contributed by atoms with Crippen LogP contribution in [0.2, 0.25) is 0 Å². The molecule has 0 aliphatic rings. The molecule has 0 spiro atoms. The van der Waals surface area contributed by atoms with Crippen LogP contribution in [0, 0.1) is 0 Å². The van der Waals surface area contributed by atoms with Gasteiger partial charge in [-0.2, -0.15) is 13.2 Å². The molecule has 1 aromatic heterocycles. The monoisotopic (exact) mass is 367 g/mol. The molecule has 8 heteroatoms. The number of alkyl halides is 6. The van der Waals surface area contributed by atoms with E-state index in [1.54, 1.807) is 0 Å². The summed E-state index contributed by atoms with van der Waals surface area (Å²) in [6, 6.07) is 0. The van der Waals surface area contributed by atoms with E-state index in [2.05, 4.69) is 36.8 Å². The van der Waals surface area contributed by atoms with Gasteiger partial charge in [0.15, 0.2) is 0 Å². The third-order valence-electron chi connectivity index (χ3n) is 1.78. The van der Waals surface area contributed by atoms with Crippen LogP contribution in [0.3, 0.4) is 0 Å². The lowest BCUT2D eigenvalue weighted by Gasteiger charge is -2.15. The zero-order chi connectivity index (χ0) is 12.5. The van der Waals surface area contributed by atoms with Crippen LogP contribution >= 0.6 is 31.9 Å². The van der Waals surface area contributed by atoms with Crippen molar-refractivity contribution in [1.82, 2.24) is 4.98 Å². The fraction of sp³-hybridized carbons (Fsp3) is 0.375. The molecule has 1 aromatic rings. The molecule has 0 atom stereocenters. The van der Waals surface area contributed by atoms with Gasteiger partial charge in [0.1, 0.15) is 0 Å². The topological polar surface area (TPSA) is 12.9 Å². The molecule has 1 rings (SSSR count). The molecule has 0 aliphatic heterocycles. The van der Waals surface area contributed by atoms with E-state index in [9.17, 15) is 22.0 Å². The van der Waals surface area contributed by atoms with Gasteiger partial charge in [-0.3, -0.25) is 4.98 Å². The van der Waals surface area contributed by atoms with Crippen molar-refractivity contribution in [2.24, 2.45) is 0 Å². The minimum absolute atomic E-state index is 0.0887. The first-order valence-corrected chi connectivity index (χ1v) is 5.79. The second kappa shape index (κ2) is 4.95. The lowest BCUT2D eigenvalue weighted by molar-refractivity contribution is -0.139. The van der Waals surface area contributed by atoms with Crippen molar-refractivity contribution in [1.29, 1.82) is 0 Å². The molecule has 0 aliphatic carbocycles. The molecule has 90 valence electrons. The molecule has 0 bridgehead atoms. The van der Waals surface area contributed by atoms with E-state index in [-0.39, 0.29) is 15.5 Å². The van der Waals surface area contributed by atoms with Crippen LogP contribution in [0.15, 0.2) is 10.7 Å². The molecule has 0 radical (unpaired) electrons. The highest BCUT2D eigenvalue weighted by atomic mass is 79.9. The Morgan fingerprint density at radius 2 is 1.88 bits per heavy atom. The molecule has 1 heterocycles. The summed E-state index contributed by atoms with van der Waals surface area (Å²) >= 11 is 5.66. The van der Waals surface area contributed by atoms with Crippen LogP contribution in [0.5, 0.6) is 0 Å². The normalized spacial score (nSPS) is 12.2. The van der Waals surface area contributed by atoms with Crippen molar-refractivity contribution >= 4 is 31.9 Å². The highest BCUT2D eigenvalue weighted by Crippen LogP contribution is 2.40. The second-order valence-corrected chi connectivity index (χ2v) is 4.13. The minimum Gasteiger partial charge on any atom is -0.259 e. The molecule has 0 aromatic carbocycles. The summed E-state index contributed by atoms with van der Waals surface area (Å²) in [4.78, 5) is 3.46. The summed E-state index contributed by atoms with van der Waals surface area (Å²) in [6.45, 7) is 0. The van der Waals surface area contributed by atoms with Crippen molar-refractivity contribution in [3.8, 4) is 0 Å². The highest BCUT2D eigenvalue weighted by Gasteiger charge is 2.38. The molecule has 0 saturated heterocycles. The fourth-order valence-corrected chi connectivity index (χ4v) is 2.51. The molecular weight excluding hydrogens is 365 g/mol. The Labute approximate surface area is 104 Å². The second-order valence-electron chi connectivity index (χ2n) is 2.78. The van der Waals surface area contributed by atoms with Gasteiger partial charge < -0.3 is 0 Å². The minimum atomic E-state index is -4.84. The first-order chi connectivity index (χ1) is 7.29. The van der Waals surface area contributed by atoms with Crippen molar-refractivity contribution in [3.05, 3.63) is 27.5 Å². The molecule has 0 saturated carbocycles. The molecular formula is C8H4Br2F5N. The molecule has 0 amide bonds. The zero-order valence-electron chi connectivity index (χ0n) is 7.45. The highest BCUT2D eigenvalue weighted by molar-refractivity contribution is 9.10. The Morgan fingerprint density at radius 1 is 1.31 bits per heavy atom. The predicted octanol–water partition coefficient (Wildman–Crippen LogP) is 4.70. The van der Waals surface area contributed by atoms with Crippen LogP contribution in [-0.2, 0) is 11.5 Å². The Balaban J connectivity index is 3.47. The van der Waals surface area contributed by atoms with Crippen molar-refractivity contribution in [2.75, 3.05) is 0 Å². The largest absolute Gasteiger partial charge is 0.418 e. The van der Waals surface area contributed by atoms with E-state index < -0.39 is 23.7 Å². The molecule has 1 nitrogen and oxygen atoms in total. The van der Waals surface area contributed by atoms with Gasteiger partial charge in [0, 0.05) is 21.6 Å². The number of hydrogen-bond acceptors (Lipinski definition) is 1. The van der Waals surface area contributed by atoms with Gasteiger partial charge >= 0.3 is 6.18 Å². The first-order valence-electron chi connectivity index (χ1n) is 3.87. The number of pyridine rings is 1. The zero-order valence-corrected chi connectivity index (χ0v) is 10.6. The summed E-state index contributed by atoms with van der Waals surface area (Å²) in [5.74, 6) is 0. The maximum atomic E-state index is 12.6. The number of rotatable bonds is 2. The number of hydrogen-bond donors (Lipinski definition) is 0. The van der Waals surface area contributed by atoms with E-state index in [1.165, 1.54) is 0 Å². The standard InChI is InChI=1S/C8H4Br2F5N/c9-1-4-6(10)5(7(11)12)3(2-16-4)8(13,14)15/h2,7H,1H2. The van der Waals surface area contributed by atoms with Gasteiger partial charge in [-0.25, -0.2) is 8.78 Å². The molecule has 0 unspecified atom stereocenters. The van der Waals surface area contributed by atoms with Gasteiger partial charge in [-0.15, -0.1) is 0 Å². The van der Waals surface area contributed by atoms with Gasteiger partial charge in [0.05, 0.1) is 11.3 Å². The van der Waals surface area contributed by atoms with Crippen molar-refractivity contribution < 1.29 is 22.0 Å². The van der Waals surface area contributed by atoms with Crippen molar-refractivity contribution in [3.63, 3.8) is 0 Å². The summed E-state index contributed by atoms with van der Waals surface area (Å²) in [6.07, 6.45) is -7.64. The van der Waals surface area contributed by atoms with Crippen LogP contribution in [0.1, 0.15) is 23.2 Å². The molecule has 0 N–H and O–H groups in total. The summed E-state index contributed by atoms with van der Waals surface area (Å²) < 4.78 is 62.1. The average Bonchev–Trinajstić information content (AvgIpc) is 2.15. The summed E-state index contributed by atoms with van der Waals surface area (Å²) in [5.41, 5.74) is -2.39. The van der Waals surface area contributed by atoms with Crippen LogP contribution in [0.25, 0.3) is 0 Å². The third kappa shape index (κ3) is 2.71. The van der Waals surface area contributed by atoms with Crippen LogP contribution < -0.4 is 0 Å². The maximum absolute atomic E-state index is 12.6. The Hall–Kier alpha value is -0.240. The van der Waals surface area contributed by atoms with E-state index in [0.717, 1.165) is 0 Å². The van der Waals surface area contributed by atoms with E-state index in [4.69, 9.17) is 0 Å². The molecule has 16 heavy (non-hydrogen) atoms. The van der Waals surface area contributed by atoms with Gasteiger partial charge in [-0.05, 0) is 15.9 Å². The van der Waals surface area contributed by atoms with Crippen LogP contribution in [0.4, 0.5) is 22.0 Å². The van der Waals surface area contributed by atoms with E-state index >= 15 is 0 Å². The lowest BCUT2D eigenvalue weighted by Crippen LogP contribution is -2.12. The Morgan fingerprint density at radius 3 is 2.25 bits per heavy atom. The van der Waals surface area contributed by atoms with Crippen LogP contribution in [-0.4, -0.2) is 4.98 Å². The predicted molar refractivity (Wildman–Crippen MR) is 54.5 cm³/mol. The number of aromatic nitrogens is 1. The fourth-order valence-electron chi connectivity index (χ4n) is 1.07. The number of nitrogens with zero attached hydrogens (tertiary/aromatic N) is 1.